The molecule has 0 bridgehead atoms. The molecule has 1 N–H and O–H groups in total. The second kappa shape index (κ2) is 6.56. The third kappa shape index (κ3) is 3.19. The van der Waals surface area contributed by atoms with Gasteiger partial charge in [-0.05, 0) is 32.0 Å². The molecular formula is C14H15BrN2O3. The summed E-state index contributed by atoms with van der Waals surface area (Å²) in [5, 5.41) is 7.06. The van der Waals surface area contributed by atoms with Gasteiger partial charge in [-0.1, -0.05) is 21.1 Å². The van der Waals surface area contributed by atoms with Crippen molar-refractivity contribution < 1.29 is 14.1 Å². The summed E-state index contributed by atoms with van der Waals surface area (Å²) in [6, 6.07) is 5.52. The monoisotopic (exact) mass is 338 g/mol. The molecule has 0 spiro atoms. The summed E-state index contributed by atoms with van der Waals surface area (Å²) in [6.07, 6.45) is 1.41. The number of alkyl halides is 1. The Morgan fingerprint density at radius 1 is 1.50 bits per heavy atom. The highest BCUT2D eigenvalue weighted by Gasteiger charge is 2.13. The van der Waals surface area contributed by atoms with Gasteiger partial charge in [-0.25, -0.2) is 0 Å². The number of aryl methyl sites for hydroxylation is 1. The van der Waals surface area contributed by atoms with Gasteiger partial charge in [-0.3, -0.25) is 4.79 Å². The minimum absolute atomic E-state index is 0.242. The standard InChI is InChI=1S/C14H15BrN2O3/c1-3-19-13-5-4-11(6-10(13)7-15)17-14(18)12-8-16-20-9(12)2/h4-6,8H,3,7H2,1-2H3,(H,17,18). The number of carbonyl (C=O) groups is 1. The summed E-state index contributed by atoms with van der Waals surface area (Å²) in [4.78, 5) is 12.1. The fourth-order valence-corrected chi connectivity index (χ4v) is 2.21. The Kier molecular flexibility index (Phi) is 4.79. The lowest BCUT2D eigenvalue weighted by molar-refractivity contribution is 0.102. The first kappa shape index (κ1) is 14.6. The van der Waals surface area contributed by atoms with Crippen LogP contribution in [0.25, 0.3) is 0 Å². The van der Waals surface area contributed by atoms with Crippen LogP contribution < -0.4 is 10.1 Å². The normalized spacial score (nSPS) is 10.3. The summed E-state index contributed by atoms with van der Waals surface area (Å²) < 4.78 is 10.4. The van der Waals surface area contributed by atoms with Crippen LogP contribution in [0.4, 0.5) is 5.69 Å². The summed E-state index contributed by atoms with van der Waals surface area (Å²) >= 11 is 3.41. The van der Waals surface area contributed by atoms with Crippen LogP contribution in [0.2, 0.25) is 0 Å². The Bertz CT molecular complexity index is 610. The van der Waals surface area contributed by atoms with Crippen LogP contribution >= 0.6 is 15.9 Å². The number of hydrogen-bond donors (Lipinski definition) is 1. The first-order valence-electron chi connectivity index (χ1n) is 6.20. The van der Waals surface area contributed by atoms with Gasteiger partial charge < -0.3 is 14.6 Å². The molecule has 0 aliphatic heterocycles. The highest BCUT2D eigenvalue weighted by molar-refractivity contribution is 9.08. The lowest BCUT2D eigenvalue weighted by Gasteiger charge is -2.11. The van der Waals surface area contributed by atoms with Crippen LogP contribution in [-0.4, -0.2) is 17.7 Å². The van der Waals surface area contributed by atoms with E-state index in [1.165, 1.54) is 6.20 Å². The summed E-state index contributed by atoms with van der Waals surface area (Å²) in [7, 11) is 0. The van der Waals surface area contributed by atoms with Crippen LogP contribution in [0.1, 0.15) is 28.6 Å². The predicted octanol–water partition coefficient (Wildman–Crippen LogP) is 3.53. The van der Waals surface area contributed by atoms with Crippen LogP contribution in [0, 0.1) is 6.92 Å². The molecule has 6 heteroatoms. The van der Waals surface area contributed by atoms with Gasteiger partial charge in [0.1, 0.15) is 17.1 Å². The SMILES string of the molecule is CCOc1ccc(NC(=O)c2cnoc2C)cc1CBr. The molecule has 1 aromatic carbocycles. The molecule has 0 saturated carbocycles. The van der Waals surface area contributed by atoms with E-state index in [4.69, 9.17) is 9.26 Å². The molecule has 1 heterocycles. The maximum absolute atomic E-state index is 12.1. The highest BCUT2D eigenvalue weighted by atomic mass is 79.9. The number of amides is 1. The largest absolute Gasteiger partial charge is 0.494 e. The van der Waals surface area contributed by atoms with Crippen molar-refractivity contribution in [3.8, 4) is 5.75 Å². The van der Waals surface area contributed by atoms with E-state index in [1.807, 2.05) is 19.1 Å². The number of nitrogens with one attached hydrogen (secondary N) is 1. The molecule has 0 atom stereocenters. The molecule has 5 nitrogen and oxygen atoms in total. The number of hydrogen-bond acceptors (Lipinski definition) is 4. The number of halogens is 1. The van der Waals surface area contributed by atoms with E-state index < -0.39 is 0 Å². The maximum Gasteiger partial charge on any atom is 0.260 e. The molecule has 1 aromatic heterocycles. The first-order chi connectivity index (χ1) is 9.65. The third-order valence-electron chi connectivity index (χ3n) is 2.76. The van der Waals surface area contributed by atoms with Gasteiger partial charge >= 0.3 is 0 Å². The molecule has 0 aliphatic carbocycles. The zero-order chi connectivity index (χ0) is 14.5. The molecular weight excluding hydrogens is 324 g/mol. The average molecular weight is 339 g/mol. The van der Waals surface area contributed by atoms with E-state index >= 15 is 0 Å². The van der Waals surface area contributed by atoms with Crippen molar-refractivity contribution >= 4 is 27.5 Å². The van der Waals surface area contributed by atoms with Crippen molar-refractivity contribution in [2.45, 2.75) is 19.2 Å². The van der Waals surface area contributed by atoms with E-state index in [0.717, 1.165) is 11.3 Å². The second-order valence-electron chi connectivity index (χ2n) is 4.14. The minimum Gasteiger partial charge on any atom is -0.494 e. The van der Waals surface area contributed by atoms with Crippen molar-refractivity contribution in [2.24, 2.45) is 0 Å². The molecule has 20 heavy (non-hydrogen) atoms. The molecule has 0 saturated heterocycles. The molecule has 0 aliphatic rings. The Labute approximate surface area is 125 Å². The third-order valence-corrected chi connectivity index (χ3v) is 3.36. The van der Waals surface area contributed by atoms with E-state index in [2.05, 4.69) is 26.4 Å². The Morgan fingerprint density at radius 2 is 2.30 bits per heavy atom. The Balaban J connectivity index is 2.18. The van der Waals surface area contributed by atoms with E-state index in [1.54, 1.807) is 13.0 Å². The first-order valence-corrected chi connectivity index (χ1v) is 7.32. The van der Waals surface area contributed by atoms with E-state index in [0.29, 0.717) is 28.9 Å². The van der Waals surface area contributed by atoms with Crippen molar-refractivity contribution in [3.05, 3.63) is 41.3 Å². The van der Waals surface area contributed by atoms with Gasteiger partial charge in [0, 0.05) is 16.6 Å². The summed E-state index contributed by atoms with van der Waals surface area (Å²) in [5.74, 6) is 1.06. The van der Waals surface area contributed by atoms with Crippen molar-refractivity contribution in [2.75, 3.05) is 11.9 Å². The number of anilines is 1. The number of nitrogens with zero attached hydrogens (tertiary/aromatic N) is 1. The lowest BCUT2D eigenvalue weighted by Crippen LogP contribution is -2.12. The highest BCUT2D eigenvalue weighted by Crippen LogP contribution is 2.25. The summed E-state index contributed by atoms with van der Waals surface area (Å²) in [5.41, 5.74) is 2.11. The number of benzene rings is 1. The van der Waals surface area contributed by atoms with Gasteiger partial charge in [0.05, 0.1) is 12.8 Å². The number of ether oxygens (including phenoxy) is 1. The molecule has 106 valence electrons. The van der Waals surface area contributed by atoms with Gasteiger partial charge in [-0.15, -0.1) is 0 Å². The number of rotatable bonds is 5. The average Bonchev–Trinajstić information content (AvgIpc) is 2.87. The van der Waals surface area contributed by atoms with Gasteiger partial charge in [0.15, 0.2) is 0 Å². The number of carbonyl (C=O) groups excluding carboxylic acids is 1. The molecule has 0 fully saturated rings. The van der Waals surface area contributed by atoms with Crippen LogP contribution in [-0.2, 0) is 5.33 Å². The maximum atomic E-state index is 12.1. The Morgan fingerprint density at radius 3 is 2.90 bits per heavy atom. The molecule has 2 rings (SSSR count). The fourth-order valence-electron chi connectivity index (χ4n) is 1.77. The predicted molar refractivity (Wildman–Crippen MR) is 79.4 cm³/mol. The number of aromatic nitrogens is 1. The summed E-state index contributed by atoms with van der Waals surface area (Å²) in [6.45, 7) is 4.23. The quantitative estimate of drug-likeness (QED) is 0.847. The molecule has 0 radical (unpaired) electrons. The molecule has 1 amide bonds. The second-order valence-corrected chi connectivity index (χ2v) is 4.70. The van der Waals surface area contributed by atoms with Gasteiger partial charge in [0.2, 0.25) is 0 Å². The van der Waals surface area contributed by atoms with Gasteiger partial charge in [-0.2, -0.15) is 0 Å². The topological polar surface area (TPSA) is 64.4 Å². The lowest BCUT2D eigenvalue weighted by atomic mass is 10.2. The van der Waals surface area contributed by atoms with Crippen molar-refractivity contribution in [1.82, 2.24) is 5.16 Å². The van der Waals surface area contributed by atoms with E-state index in [-0.39, 0.29) is 5.91 Å². The van der Waals surface area contributed by atoms with Gasteiger partial charge in [0.25, 0.3) is 5.91 Å². The van der Waals surface area contributed by atoms with Crippen LogP contribution in [0.5, 0.6) is 5.75 Å². The van der Waals surface area contributed by atoms with Crippen molar-refractivity contribution in [1.29, 1.82) is 0 Å². The minimum atomic E-state index is -0.242. The molecule has 0 unspecified atom stereocenters. The zero-order valence-electron chi connectivity index (χ0n) is 11.3. The molecule has 2 aromatic rings. The van der Waals surface area contributed by atoms with Crippen molar-refractivity contribution in [3.63, 3.8) is 0 Å². The zero-order valence-corrected chi connectivity index (χ0v) is 12.9. The fraction of sp³-hybridized carbons (Fsp3) is 0.286. The Hall–Kier alpha value is -1.82. The van der Waals surface area contributed by atoms with E-state index in [9.17, 15) is 4.79 Å². The van der Waals surface area contributed by atoms with Crippen LogP contribution in [0.3, 0.4) is 0 Å². The smallest absolute Gasteiger partial charge is 0.260 e. The van der Waals surface area contributed by atoms with Crippen LogP contribution in [0.15, 0.2) is 28.9 Å².